The van der Waals surface area contributed by atoms with Crippen molar-refractivity contribution in [1.29, 1.82) is 0 Å². The van der Waals surface area contributed by atoms with Crippen molar-refractivity contribution in [2.24, 2.45) is 0 Å². The van der Waals surface area contributed by atoms with Crippen LogP contribution in [0.15, 0.2) is 57.0 Å². The minimum Gasteiger partial charge on any atom is -0.477 e. The average molecular weight is 428 g/mol. The maximum Gasteiger partial charge on any atom is 0.342 e. The smallest absolute Gasteiger partial charge is 0.342 e. The van der Waals surface area contributed by atoms with Gasteiger partial charge in [-0.25, -0.2) is 4.79 Å². The predicted octanol–water partition coefficient (Wildman–Crippen LogP) is 5.91. The van der Waals surface area contributed by atoms with E-state index in [9.17, 15) is 9.90 Å². The van der Waals surface area contributed by atoms with E-state index in [2.05, 4.69) is 10.2 Å². The van der Waals surface area contributed by atoms with E-state index in [0.29, 0.717) is 21.2 Å². The van der Waals surface area contributed by atoms with E-state index >= 15 is 0 Å². The molecule has 1 heterocycles. The van der Waals surface area contributed by atoms with Crippen molar-refractivity contribution >= 4 is 58.6 Å². The third-order valence-corrected chi connectivity index (χ3v) is 5.11. The van der Waals surface area contributed by atoms with Crippen molar-refractivity contribution in [3.8, 4) is 11.5 Å². The molecular formula is C17H9Cl3N2O3S. The maximum atomic E-state index is 11.5. The molecule has 9 heteroatoms. The van der Waals surface area contributed by atoms with Crippen molar-refractivity contribution in [2.45, 2.75) is 5.22 Å². The third-order valence-electron chi connectivity index (χ3n) is 3.17. The molecule has 0 radical (unpaired) electrons. The zero-order valence-corrected chi connectivity index (χ0v) is 15.9. The second kappa shape index (κ2) is 8.14. The molecule has 0 bridgehead atoms. The molecule has 132 valence electrons. The maximum absolute atomic E-state index is 11.5. The van der Waals surface area contributed by atoms with Gasteiger partial charge in [-0.15, -0.1) is 10.2 Å². The number of benzene rings is 2. The third kappa shape index (κ3) is 4.40. The van der Waals surface area contributed by atoms with Crippen LogP contribution in [0.25, 0.3) is 17.5 Å². The summed E-state index contributed by atoms with van der Waals surface area (Å²) in [6.07, 6.45) is 1.40. The first-order valence-electron chi connectivity index (χ1n) is 7.10. The summed E-state index contributed by atoms with van der Waals surface area (Å²) in [7, 11) is 0. The fourth-order valence-electron chi connectivity index (χ4n) is 1.96. The van der Waals surface area contributed by atoms with Gasteiger partial charge >= 0.3 is 5.97 Å². The van der Waals surface area contributed by atoms with Gasteiger partial charge in [0.2, 0.25) is 5.89 Å². The lowest BCUT2D eigenvalue weighted by atomic mass is 10.2. The summed E-state index contributed by atoms with van der Waals surface area (Å²) in [5.74, 6) is -0.896. The minimum atomic E-state index is -1.16. The molecule has 0 saturated heterocycles. The molecule has 0 unspecified atom stereocenters. The minimum absolute atomic E-state index is 0.0412. The Hall–Kier alpha value is -1.99. The number of nitrogens with zero attached hydrogens (tertiary/aromatic N) is 2. The largest absolute Gasteiger partial charge is 0.477 e. The van der Waals surface area contributed by atoms with Crippen LogP contribution in [0.5, 0.6) is 0 Å². The molecule has 1 N–H and O–H groups in total. The van der Waals surface area contributed by atoms with Gasteiger partial charge < -0.3 is 9.52 Å². The molecule has 0 aliphatic heterocycles. The standard InChI is InChI=1S/C17H9Cl3N2O3S/c18-11-6-4-9(5-7-11)15-21-22-17(25-15)26-13(16(23)24)8-10-2-1-3-12(19)14(10)20/h1-8H,(H,23,24)/b13-8-. The highest BCUT2D eigenvalue weighted by Crippen LogP contribution is 2.33. The number of hydrogen-bond donors (Lipinski definition) is 1. The second-order valence-electron chi connectivity index (χ2n) is 4.94. The Kier molecular flexibility index (Phi) is 5.88. The van der Waals surface area contributed by atoms with E-state index in [0.717, 1.165) is 11.8 Å². The number of aromatic nitrogens is 2. The van der Waals surface area contributed by atoms with Crippen LogP contribution in [0.1, 0.15) is 5.56 Å². The Bertz CT molecular complexity index is 987. The highest BCUT2D eigenvalue weighted by molar-refractivity contribution is 8.03. The SMILES string of the molecule is O=C(O)/C(=C/c1cccc(Cl)c1Cl)Sc1nnc(-c2ccc(Cl)cc2)o1. The van der Waals surface area contributed by atoms with E-state index in [-0.39, 0.29) is 21.0 Å². The molecule has 1 aromatic heterocycles. The van der Waals surface area contributed by atoms with Gasteiger partial charge in [-0.1, -0.05) is 46.9 Å². The van der Waals surface area contributed by atoms with Gasteiger partial charge in [-0.05, 0) is 53.7 Å². The monoisotopic (exact) mass is 426 g/mol. The van der Waals surface area contributed by atoms with Gasteiger partial charge in [0.15, 0.2) is 0 Å². The number of halogens is 3. The van der Waals surface area contributed by atoms with Crippen LogP contribution in [-0.4, -0.2) is 21.3 Å². The zero-order chi connectivity index (χ0) is 18.7. The Balaban J connectivity index is 1.87. The van der Waals surface area contributed by atoms with Crippen LogP contribution in [-0.2, 0) is 4.79 Å². The van der Waals surface area contributed by atoms with Gasteiger partial charge in [-0.2, -0.15) is 0 Å². The van der Waals surface area contributed by atoms with Crippen LogP contribution in [0.2, 0.25) is 15.1 Å². The number of carbonyl (C=O) groups is 1. The fraction of sp³-hybridized carbons (Fsp3) is 0. The molecule has 0 spiro atoms. The summed E-state index contributed by atoms with van der Waals surface area (Å²) in [5, 5.41) is 18.5. The molecule has 3 rings (SSSR count). The summed E-state index contributed by atoms with van der Waals surface area (Å²) in [6, 6.07) is 11.8. The summed E-state index contributed by atoms with van der Waals surface area (Å²) in [6.45, 7) is 0. The first-order valence-corrected chi connectivity index (χ1v) is 9.05. The molecule has 0 saturated carbocycles. The van der Waals surface area contributed by atoms with Gasteiger partial charge in [0.1, 0.15) is 4.91 Å². The fourth-order valence-corrected chi connectivity index (χ4v) is 3.11. The van der Waals surface area contributed by atoms with E-state index in [4.69, 9.17) is 39.2 Å². The van der Waals surface area contributed by atoms with E-state index < -0.39 is 5.97 Å². The van der Waals surface area contributed by atoms with Crippen molar-refractivity contribution < 1.29 is 14.3 Å². The molecule has 0 atom stereocenters. The van der Waals surface area contributed by atoms with E-state index in [1.54, 1.807) is 42.5 Å². The lowest BCUT2D eigenvalue weighted by molar-refractivity contribution is -0.131. The van der Waals surface area contributed by atoms with Crippen LogP contribution in [0, 0.1) is 0 Å². The number of carboxylic acids is 1. The molecule has 5 nitrogen and oxygen atoms in total. The topological polar surface area (TPSA) is 76.2 Å². The van der Waals surface area contributed by atoms with Gasteiger partial charge in [0.05, 0.1) is 10.0 Å². The molecule has 0 aliphatic rings. The lowest BCUT2D eigenvalue weighted by Crippen LogP contribution is -1.97. The first-order chi connectivity index (χ1) is 12.4. The van der Waals surface area contributed by atoms with Gasteiger partial charge in [-0.3, -0.25) is 0 Å². The molecule has 0 amide bonds. The number of carboxylic acid groups (broad SMARTS) is 1. The molecular weight excluding hydrogens is 419 g/mol. The van der Waals surface area contributed by atoms with Crippen molar-refractivity contribution in [1.82, 2.24) is 10.2 Å². The van der Waals surface area contributed by atoms with Crippen molar-refractivity contribution in [3.05, 3.63) is 68.0 Å². The Labute approximate surface area is 167 Å². The van der Waals surface area contributed by atoms with E-state index in [1.165, 1.54) is 6.08 Å². The number of thioether (sulfide) groups is 1. The van der Waals surface area contributed by atoms with Crippen LogP contribution >= 0.6 is 46.6 Å². The van der Waals surface area contributed by atoms with Crippen molar-refractivity contribution in [3.63, 3.8) is 0 Å². The normalized spacial score (nSPS) is 11.6. The zero-order valence-electron chi connectivity index (χ0n) is 12.8. The molecule has 2 aromatic carbocycles. The lowest BCUT2D eigenvalue weighted by Gasteiger charge is -2.03. The van der Waals surface area contributed by atoms with Gasteiger partial charge in [0.25, 0.3) is 5.22 Å². The summed E-state index contributed by atoms with van der Waals surface area (Å²) < 4.78 is 5.52. The molecule has 3 aromatic rings. The van der Waals surface area contributed by atoms with Crippen LogP contribution in [0.3, 0.4) is 0 Å². The summed E-state index contributed by atoms with van der Waals surface area (Å²) >= 11 is 18.7. The Morgan fingerprint density at radius 3 is 2.50 bits per heavy atom. The van der Waals surface area contributed by atoms with Crippen LogP contribution < -0.4 is 0 Å². The highest BCUT2D eigenvalue weighted by atomic mass is 35.5. The molecule has 26 heavy (non-hydrogen) atoms. The quantitative estimate of drug-likeness (QED) is 0.402. The van der Waals surface area contributed by atoms with Gasteiger partial charge in [0, 0.05) is 10.6 Å². The van der Waals surface area contributed by atoms with E-state index in [1.807, 2.05) is 0 Å². The second-order valence-corrected chi connectivity index (χ2v) is 7.15. The number of rotatable bonds is 5. The molecule has 0 aliphatic carbocycles. The number of aliphatic carboxylic acids is 1. The summed E-state index contributed by atoms with van der Waals surface area (Å²) in [5.41, 5.74) is 1.15. The van der Waals surface area contributed by atoms with Crippen LogP contribution in [0.4, 0.5) is 0 Å². The average Bonchev–Trinajstić information content (AvgIpc) is 3.07. The first kappa shape index (κ1) is 18.8. The molecule has 0 fully saturated rings. The predicted molar refractivity (Wildman–Crippen MR) is 103 cm³/mol. The number of hydrogen-bond acceptors (Lipinski definition) is 5. The van der Waals surface area contributed by atoms with Crippen molar-refractivity contribution in [2.75, 3.05) is 0 Å². The Morgan fingerprint density at radius 1 is 1.08 bits per heavy atom. The Morgan fingerprint density at radius 2 is 1.81 bits per heavy atom. The summed E-state index contributed by atoms with van der Waals surface area (Å²) in [4.78, 5) is 11.5. The highest BCUT2D eigenvalue weighted by Gasteiger charge is 2.17.